The van der Waals surface area contributed by atoms with Crippen molar-refractivity contribution < 1.29 is 22.3 Å². The van der Waals surface area contributed by atoms with Crippen molar-refractivity contribution in [1.29, 1.82) is 5.26 Å². The Morgan fingerprint density at radius 1 is 1.18 bits per heavy atom. The van der Waals surface area contributed by atoms with Crippen LogP contribution >= 0.6 is 0 Å². The van der Waals surface area contributed by atoms with Gasteiger partial charge in [0.1, 0.15) is 12.4 Å². The Labute approximate surface area is 163 Å². The van der Waals surface area contributed by atoms with Gasteiger partial charge in [-0.2, -0.15) is 9.57 Å². The van der Waals surface area contributed by atoms with E-state index >= 15 is 0 Å². The van der Waals surface area contributed by atoms with Gasteiger partial charge in [0.05, 0.1) is 22.4 Å². The zero-order chi connectivity index (χ0) is 20.1. The lowest BCUT2D eigenvalue weighted by molar-refractivity contribution is -0.151. The van der Waals surface area contributed by atoms with Crippen LogP contribution in [0, 0.1) is 23.1 Å². The van der Waals surface area contributed by atoms with E-state index in [2.05, 4.69) is 0 Å². The molecule has 2 aromatic carbocycles. The Hall–Kier alpha value is -2.76. The summed E-state index contributed by atoms with van der Waals surface area (Å²) in [7, 11) is -3.79. The fourth-order valence-electron chi connectivity index (χ4n) is 3.06. The van der Waals surface area contributed by atoms with Gasteiger partial charge in [-0.3, -0.25) is 4.79 Å². The number of nitriles is 1. The number of esters is 1. The van der Waals surface area contributed by atoms with Gasteiger partial charge >= 0.3 is 5.97 Å². The summed E-state index contributed by atoms with van der Waals surface area (Å²) in [5.41, 5.74) is 1.27. The van der Waals surface area contributed by atoms with Crippen molar-refractivity contribution in [3.05, 3.63) is 65.5 Å². The van der Waals surface area contributed by atoms with E-state index in [-0.39, 0.29) is 18.0 Å². The van der Waals surface area contributed by atoms with Crippen LogP contribution in [0.15, 0.2) is 53.4 Å². The number of halogens is 1. The molecule has 28 heavy (non-hydrogen) atoms. The van der Waals surface area contributed by atoms with Crippen molar-refractivity contribution in [2.45, 2.75) is 24.3 Å². The normalized spacial score (nSPS) is 17.6. The van der Waals surface area contributed by atoms with E-state index in [0.29, 0.717) is 24.9 Å². The van der Waals surface area contributed by atoms with Crippen molar-refractivity contribution in [2.24, 2.45) is 5.92 Å². The molecule has 8 heteroatoms. The number of hydrogen-bond acceptors (Lipinski definition) is 5. The summed E-state index contributed by atoms with van der Waals surface area (Å²) in [6.07, 6.45) is 1.08. The van der Waals surface area contributed by atoms with Crippen LogP contribution in [0.5, 0.6) is 0 Å². The number of carbonyl (C=O) groups excluding carboxylic acids is 1. The van der Waals surface area contributed by atoms with E-state index in [1.165, 1.54) is 16.4 Å². The number of ether oxygens (including phenoxy) is 1. The SMILES string of the molecule is N#Cc1ccc(COC(=O)C2CCCN(S(=O)(=O)c3ccc(F)cc3)C2)cc1. The van der Waals surface area contributed by atoms with Crippen molar-refractivity contribution in [3.63, 3.8) is 0 Å². The molecule has 1 atom stereocenters. The molecule has 0 bridgehead atoms. The molecular formula is C20H19FN2O4S. The molecule has 3 rings (SSSR count). The van der Waals surface area contributed by atoms with Gasteiger partial charge in [0.2, 0.25) is 10.0 Å². The van der Waals surface area contributed by atoms with Crippen LogP contribution in [-0.2, 0) is 26.2 Å². The second kappa shape index (κ2) is 8.50. The molecule has 0 N–H and O–H groups in total. The molecule has 0 amide bonds. The fraction of sp³-hybridized carbons (Fsp3) is 0.300. The molecule has 0 saturated carbocycles. The van der Waals surface area contributed by atoms with Crippen LogP contribution in [0.25, 0.3) is 0 Å². The average Bonchev–Trinajstić information content (AvgIpc) is 2.72. The van der Waals surface area contributed by atoms with Crippen molar-refractivity contribution in [1.82, 2.24) is 4.31 Å². The van der Waals surface area contributed by atoms with E-state index in [4.69, 9.17) is 10.00 Å². The number of nitrogens with zero attached hydrogens (tertiary/aromatic N) is 2. The lowest BCUT2D eigenvalue weighted by Gasteiger charge is -2.30. The van der Waals surface area contributed by atoms with Crippen LogP contribution in [0.1, 0.15) is 24.0 Å². The molecule has 0 aliphatic carbocycles. The molecule has 2 aromatic rings. The van der Waals surface area contributed by atoms with Crippen LogP contribution < -0.4 is 0 Å². The molecule has 6 nitrogen and oxygen atoms in total. The van der Waals surface area contributed by atoms with Crippen LogP contribution in [0.4, 0.5) is 4.39 Å². The molecule has 146 valence electrons. The van der Waals surface area contributed by atoms with Crippen molar-refractivity contribution >= 4 is 16.0 Å². The fourth-order valence-corrected chi connectivity index (χ4v) is 4.58. The zero-order valence-electron chi connectivity index (χ0n) is 15.0. The highest BCUT2D eigenvalue weighted by Crippen LogP contribution is 2.25. The molecule has 0 aromatic heterocycles. The summed E-state index contributed by atoms with van der Waals surface area (Å²) in [4.78, 5) is 12.4. The minimum Gasteiger partial charge on any atom is -0.461 e. The molecule has 1 fully saturated rings. The lowest BCUT2D eigenvalue weighted by atomic mass is 10.00. The van der Waals surface area contributed by atoms with Crippen molar-refractivity contribution in [3.8, 4) is 6.07 Å². The van der Waals surface area contributed by atoms with E-state index in [1.54, 1.807) is 24.3 Å². The third kappa shape index (κ3) is 4.55. The molecule has 1 aliphatic heterocycles. The topological polar surface area (TPSA) is 87.5 Å². The minimum absolute atomic E-state index is 0.000463. The van der Waals surface area contributed by atoms with Gasteiger partial charge in [0.25, 0.3) is 0 Å². The first-order valence-electron chi connectivity index (χ1n) is 8.81. The van der Waals surface area contributed by atoms with E-state index < -0.39 is 27.7 Å². The second-order valence-corrected chi connectivity index (χ2v) is 8.51. The standard InChI is InChI=1S/C20H19FN2O4S/c21-18-7-9-19(10-8-18)28(25,26)23-11-1-2-17(13-23)20(24)27-14-16-5-3-15(12-22)4-6-16/h3-10,17H,1-2,11,13-14H2. The number of piperidine rings is 1. The highest BCUT2D eigenvalue weighted by atomic mass is 32.2. The number of benzene rings is 2. The first-order chi connectivity index (χ1) is 13.4. The summed E-state index contributed by atoms with van der Waals surface area (Å²) >= 11 is 0. The molecular weight excluding hydrogens is 383 g/mol. The quantitative estimate of drug-likeness (QED) is 0.718. The van der Waals surface area contributed by atoms with Crippen LogP contribution in [0.2, 0.25) is 0 Å². The molecule has 1 heterocycles. The predicted molar refractivity (Wildman–Crippen MR) is 98.8 cm³/mol. The van der Waals surface area contributed by atoms with Gasteiger partial charge in [0, 0.05) is 13.1 Å². The maximum Gasteiger partial charge on any atom is 0.310 e. The smallest absolute Gasteiger partial charge is 0.310 e. The van der Waals surface area contributed by atoms with Crippen molar-refractivity contribution in [2.75, 3.05) is 13.1 Å². The molecule has 1 unspecified atom stereocenters. The number of hydrogen-bond donors (Lipinski definition) is 0. The molecule has 1 aliphatic rings. The Morgan fingerprint density at radius 3 is 2.50 bits per heavy atom. The Balaban J connectivity index is 1.62. The van der Waals surface area contributed by atoms with Crippen LogP contribution in [-0.4, -0.2) is 31.8 Å². The van der Waals surface area contributed by atoms with Gasteiger partial charge in [-0.1, -0.05) is 12.1 Å². The zero-order valence-corrected chi connectivity index (χ0v) is 15.9. The highest BCUT2D eigenvalue weighted by Gasteiger charge is 2.34. The third-order valence-corrected chi connectivity index (χ3v) is 6.51. The molecule has 1 saturated heterocycles. The Morgan fingerprint density at radius 2 is 1.86 bits per heavy atom. The van der Waals surface area contributed by atoms with Gasteiger partial charge in [-0.25, -0.2) is 12.8 Å². The average molecular weight is 402 g/mol. The summed E-state index contributed by atoms with van der Waals surface area (Å²) in [6.45, 7) is 0.400. The Bertz CT molecular complexity index is 982. The minimum atomic E-state index is -3.79. The lowest BCUT2D eigenvalue weighted by Crippen LogP contribution is -2.42. The first-order valence-corrected chi connectivity index (χ1v) is 10.3. The van der Waals surface area contributed by atoms with E-state index in [1.807, 2.05) is 6.07 Å². The number of carbonyl (C=O) groups is 1. The van der Waals surface area contributed by atoms with E-state index in [0.717, 1.165) is 17.7 Å². The van der Waals surface area contributed by atoms with E-state index in [9.17, 15) is 17.6 Å². The summed E-state index contributed by atoms with van der Waals surface area (Å²) < 4.78 is 45.1. The van der Waals surface area contributed by atoms with Gasteiger partial charge in [-0.15, -0.1) is 0 Å². The summed E-state index contributed by atoms with van der Waals surface area (Å²) in [6, 6.07) is 13.3. The first kappa shape index (κ1) is 20.0. The van der Waals surface area contributed by atoms with Gasteiger partial charge < -0.3 is 4.74 Å². The van der Waals surface area contributed by atoms with Gasteiger partial charge in [0.15, 0.2) is 0 Å². The predicted octanol–water partition coefficient (Wildman–Crippen LogP) is 2.84. The number of sulfonamides is 1. The van der Waals surface area contributed by atoms with Crippen LogP contribution in [0.3, 0.4) is 0 Å². The van der Waals surface area contributed by atoms with Gasteiger partial charge in [-0.05, 0) is 54.8 Å². The maximum absolute atomic E-state index is 13.1. The Kier molecular flexibility index (Phi) is 6.07. The highest BCUT2D eigenvalue weighted by molar-refractivity contribution is 7.89. The number of rotatable bonds is 5. The summed E-state index contributed by atoms with van der Waals surface area (Å²) in [5.74, 6) is -1.52. The largest absolute Gasteiger partial charge is 0.461 e. The monoisotopic (exact) mass is 402 g/mol. The molecule has 0 spiro atoms. The maximum atomic E-state index is 13.1. The summed E-state index contributed by atoms with van der Waals surface area (Å²) in [5, 5.41) is 8.80. The second-order valence-electron chi connectivity index (χ2n) is 6.57. The molecule has 0 radical (unpaired) electrons. The third-order valence-electron chi connectivity index (χ3n) is 4.63.